The van der Waals surface area contributed by atoms with Crippen molar-refractivity contribution in [1.82, 2.24) is 0 Å². The molecule has 1 heterocycles. The highest BCUT2D eigenvalue weighted by molar-refractivity contribution is 5.62. The molecule has 2 unspecified atom stereocenters. The van der Waals surface area contributed by atoms with Crippen LogP contribution in [-0.2, 0) is 9.47 Å². The fraction of sp³-hybridized carbons (Fsp3) is 0.800. The van der Waals surface area contributed by atoms with Crippen LogP contribution < -0.4 is 0 Å². The third-order valence-corrected chi connectivity index (χ3v) is 1.19. The van der Waals surface area contributed by atoms with Crippen molar-refractivity contribution >= 4 is 6.16 Å². The third-order valence-electron chi connectivity index (χ3n) is 1.19. The molecule has 6 heteroatoms. The van der Waals surface area contributed by atoms with Gasteiger partial charge in [0.05, 0.1) is 0 Å². The Balaban J connectivity index is 2.74. The number of halogens is 3. The van der Waals surface area contributed by atoms with E-state index in [9.17, 15) is 18.0 Å². The highest BCUT2D eigenvalue weighted by Crippen LogP contribution is 2.33. The predicted octanol–water partition coefficient (Wildman–Crippen LogP) is 1.47. The lowest BCUT2D eigenvalue weighted by Crippen LogP contribution is -2.36. The molecule has 0 radical (unpaired) electrons. The second-order valence-corrected chi connectivity index (χ2v) is 2.13. The molecule has 0 saturated carbocycles. The number of ether oxygens (including phenoxy) is 2. The maximum atomic E-state index is 12.3. The zero-order valence-corrected chi connectivity index (χ0v) is 5.51. The zero-order chi connectivity index (χ0) is 8.65. The molecule has 0 aromatic carbocycles. The summed E-state index contributed by atoms with van der Waals surface area (Å²) in [5.41, 5.74) is 0. The van der Waals surface area contributed by atoms with E-state index in [1.165, 1.54) is 0 Å². The van der Waals surface area contributed by atoms with Crippen LogP contribution in [0.2, 0.25) is 0 Å². The van der Waals surface area contributed by atoms with Crippen LogP contribution in [0, 0.1) is 0 Å². The van der Waals surface area contributed by atoms with Crippen LogP contribution in [0.25, 0.3) is 0 Å². The van der Waals surface area contributed by atoms with Crippen molar-refractivity contribution in [2.75, 3.05) is 0 Å². The van der Waals surface area contributed by atoms with Crippen LogP contribution in [0.15, 0.2) is 0 Å². The molecule has 1 aliphatic rings. The van der Waals surface area contributed by atoms with E-state index in [1.54, 1.807) is 0 Å². The van der Waals surface area contributed by atoms with Crippen molar-refractivity contribution in [2.45, 2.75) is 25.3 Å². The van der Waals surface area contributed by atoms with Gasteiger partial charge in [-0.15, -0.1) is 0 Å². The van der Waals surface area contributed by atoms with Gasteiger partial charge in [0.2, 0.25) is 6.10 Å². The molecule has 0 aliphatic carbocycles. The van der Waals surface area contributed by atoms with Gasteiger partial charge in [-0.1, -0.05) is 0 Å². The topological polar surface area (TPSA) is 35.5 Å². The van der Waals surface area contributed by atoms with E-state index in [0.29, 0.717) is 0 Å². The minimum Gasteiger partial charge on any atom is -0.417 e. The maximum absolute atomic E-state index is 12.3. The Bertz CT molecular complexity index is 180. The average molecular weight is 170 g/mol. The van der Waals surface area contributed by atoms with Crippen LogP contribution >= 0.6 is 0 Å². The summed E-state index contributed by atoms with van der Waals surface area (Å²) in [6.45, 7) is 0.862. The largest absolute Gasteiger partial charge is 0.513 e. The summed E-state index contributed by atoms with van der Waals surface area (Å²) in [7, 11) is 0. The Morgan fingerprint density at radius 2 is 2.18 bits per heavy atom. The molecule has 1 saturated heterocycles. The SMILES string of the molecule is CC(F)C1OC(=O)OC1(F)F. The fourth-order valence-electron chi connectivity index (χ4n) is 0.727. The molecule has 0 spiro atoms. The van der Waals surface area contributed by atoms with E-state index in [0.717, 1.165) is 6.92 Å². The summed E-state index contributed by atoms with van der Waals surface area (Å²) in [4.78, 5) is 10.1. The Morgan fingerprint density at radius 1 is 1.64 bits per heavy atom. The first kappa shape index (κ1) is 8.16. The van der Waals surface area contributed by atoms with Crippen molar-refractivity contribution in [3.05, 3.63) is 0 Å². The summed E-state index contributed by atoms with van der Waals surface area (Å²) in [5, 5.41) is 0. The maximum Gasteiger partial charge on any atom is 0.513 e. The second kappa shape index (κ2) is 2.28. The quantitative estimate of drug-likeness (QED) is 0.559. The van der Waals surface area contributed by atoms with Crippen LogP contribution in [0.3, 0.4) is 0 Å². The number of hydrogen-bond acceptors (Lipinski definition) is 3. The predicted molar refractivity (Wildman–Crippen MR) is 26.9 cm³/mol. The van der Waals surface area contributed by atoms with Crippen LogP contribution in [0.5, 0.6) is 0 Å². The number of cyclic esters (lactones) is 2. The van der Waals surface area contributed by atoms with Gasteiger partial charge in [0, 0.05) is 0 Å². The van der Waals surface area contributed by atoms with Crippen molar-refractivity contribution in [2.24, 2.45) is 0 Å². The molecule has 64 valence electrons. The summed E-state index contributed by atoms with van der Waals surface area (Å²) in [6, 6.07) is 0. The first-order valence-corrected chi connectivity index (χ1v) is 2.85. The van der Waals surface area contributed by atoms with Crippen molar-refractivity contribution in [3.63, 3.8) is 0 Å². The number of carbonyl (C=O) groups is 1. The van der Waals surface area contributed by atoms with E-state index in [4.69, 9.17) is 0 Å². The summed E-state index contributed by atoms with van der Waals surface area (Å²) in [5.74, 6) is 0. The van der Waals surface area contributed by atoms with Crippen molar-refractivity contribution in [3.8, 4) is 0 Å². The lowest BCUT2D eigenvalue weighted by Gasteiger charge is -2.13. The molecule has 1 aliphatic heterocycles. The Kier molecular flexibility index (Phi) is 1.69. The van der Waals surface area contributed by atoms with Crippen LogP contribution in [0.4, 0.5) is 18.0 Å². The first-order chi connectivity index (χ1) is 4.93. The van der Waals surface area contributed by atoms with E-state index in [1.807, 2.05) is 0 Å². The fourth-order valence-corrected chi connectivity index (χ4v) is 0.727. The average Bonchev–Trinajstić information content (AvgIpc) is 2.04. The van der Waals surface area contributed by atoms with Crippen LogP contribution in [-0.4, -0.2) is 24.5 Å². The monoisotopic (exact) mass is 170 g/mol. The minimum absolute atomic E-state index is 0.862. The van der Waals surface area contributed by atoms with Gasteiger partial charge in [-0.05, 0) is 6.92 Å². The number of rotatable bonds is 1. The smallest absolute Gasteiger partial charge is 0.417 e. The van der Waals surface area contributed by atoms with Gasteiger partial charge in [-0.25, -0.2) is 9.18 Å². The van der Waals surface area contributed by atoms with Gasteiger partial charge in [0.25, 0.3) is 0 Å². The molecule has 0 N–H and O–H groups in total. The van der Waals surface area contributed by atoms with Crippen molar-refractivity contribution in [1.29, 1.82) is 0 Å². The Morgan fingerprint density at radius 3 is 2.36 bits per heavy atom. The molecule has 0 aromatic rings. The normalized spacial score (nSPS) is 30.9. The highest BCUT2D eigenvalue weighted by Gasteiger charge is 2.56. The second-order valence-electron chi connectivity index (χ2n) is 2.13. The standard InChI is InChI=1S/C5H5F3O3/c1-2(6)3-5(7,8)11-4(9)10-3/h2-3H,1H3. The molecule has 1 rings (SSSR count). The van der Waals surface area contributed by atoms with Gasteiger partial charge in [-0.3, -0.25) is 0 Å². The molecule has 1 fully saturated rings. The molecule has 3 nitrogen and oxygen atoms in total. The van der Waals surface area contributed by atoms with Gasteiger partial charge >= 0.3 is 12.3 Å². The van der Waals surface area contributed by atoms with Gasteiger partial charge < -0.3 is 9.47 Å². The first-order valence-electron chi connectivity index (χ1n) is 2.85. The molecule has 0 amide bonds. The van der Waals surface area contributed by atoms with E-state index >= 15 is 0 Å². The Hall–Kier alpha value is -0.940. The Labute approximate surface area is 60.1 Å². The van der Waals surface area contributed by atoms with Gasteiger partial charge in [0.15, 0.2) is 0 Å². The zero-order valence-electron chi connectivity index (χ0n) is 5.51. The minimum atomic E-state index is -3.84. The highest BCUT2D eigenvalue weighted by atomic mass is 19.3. The number of alkyl halides is 3. The molecular weight excluding hydrogens is 165 g/mol. The summed E-state index contributed by atoms with van der Waals surface area (Å²) >= 11 is 0. The lowest BCUT2D eigenvalue weighted by molar-refractivity contribution is -0.209. The third kappa shape index (κ3) is 1.38. The summed E-state index contributed by atoms with van der Waals surface area (Å²) < 4.78 is 44.1. The van der Waals surface area contributed by atoms with Gasteiger partial charge in [-0.2, -0.15) is 8.78 Å². The molecule has 0 bridgehead atoms. The van der Waals surface area contributed by atoms with E-state index < -0.39 is 24.5 Å². The molecular formula is C5H5F3O3. The summed E-state index contributed by atoms with van der Waals surface area (Å²) in [6.07, 6.45) is -9.44. The number of hydrogen-bond donors (Lipinski definition) is 0. The van der Waals surface area contributed by atoms with Crippen molar-refractivity contribution < 1.29 is 27.4 Å². The number of carbonyl (C=O) groups excluding carboxylic acids is 1. The molecule has 2 atom stereocenters. The van der Waals surface area contributed by atoms with Crippen LogP contribution in [0.1, 0.15) is 6.92 Å². The van der Waals surface area contributed by atoms with E-state index in [2.05, 4.69) is 9.47 Å². The molecule has 11 heavy (non-hydrogen) atoms. The molecule has 0 aromatic heterocycles. The lowest BCUT2D eigenvalue weighted by atomic mass is 10.2. The van der Waals surface area contributed by atoms with Gasteiger partial charge in [0.1, 0.15) is 6.17 Å². The van der Waals surface area contributed by atoms with E-state index in [-0.39, 0.29) is 0 Å².